The molecule has 2 fully saturated rings. The normalized spacial score (nSPS) is 25.9. The highest BCUT2D eigenvalue weighted by molar-refractivity contribution is 7.07. The molecule has 0 radical (unpaired) electrons. The monoisotopic (exact) mass is 278 g/mol. The third-order valence-corrected chi connectivity index (χ3v) is 5.55. The zero-order valence-corrected chi connectivity index (χ0v) is 12.1. The van der Waals surface area contributed by atoms with E-state index >= 15 is 0 Å². The average molecular weight is 278 g/mol. The highest BCUT2D eigenvalue weighted by Crippen LogP contribution is 2.43. The zero-order valence-electron chi connectivity index (χ0n) is 11.3. The van der Waals surface area contributed by atoms with E-state index in [1.165, 1.54) is 5.56 Å². The van der Waals surface area contributed by atoms with E-state index in [4.69, 9.17) is 5.73 Å². The Labute approximate surface area is 118 Å². The van der Waals surface area contributed by atoms with Crippen LogP contribution in [0.3, 0.4) is 0 Å². The molecule has 0 spiro atoms. The maximum Gasteiger partial charge on any atom is 0.230 e. The second kappa shape index (κ2) is 5.25. The highest BCUT2D eigenvalue weighted by atomic mass is 32.1. The van der Waals surface area contributed by atoms with Crippen LogP contribution < -0.4 is 5.73 Å². The number of carbonyl (C=O) groups is 1. The summed E-state index contributed by atoms with van der Waals surface area (Å²) in [6.07, 6.45) is 6.49. The lowest BCUT2D eigenvalue weighted by atomic mass is 9.84. The second-order valence-electron chi connectivity index (χ2n) is 5.90. The molecular weight excluding hydrogens is 256 g/mol. The number of hydrogen-bond acceptors (Lipinski definition) is 3. The number of hydrogen-bond donors (Lipinski definition) is 1. The Morgan fingerprint density at radius 2 is 2.21 bits per heavy atom. The Bertz CT molecular complexity index is 437. The molecule has 1 unspecified atom stereocenters. The third kappa shape index (κ3) is 2.21. The van der Waals surface area contributed by atoms with Crippen molar-refractivity contribution >= 4 is 17.2 Å². The van der Waals surface area contributed by atoms with E-state index in [0.29, 0.717) is 18.5 Å². The lowest BCUT2D eigenvalue weighted by Crippen LogP contribution is -2.46. The zero-order chi connectivity index (χ0) is 13.3. The van der Waals surface area contributed by atoms with Crippen molar-refractivity contribution < 1.29 is 4.79 Å². The van der Waals surface area contributed by atoms with Gasteiger partial charge in [-0.3, -0.25) is 4.79 Å². The molecule has 1 aromatic rings. The fourth-order valence-corrected chi connectivity index (χ4v) is 4.39. The Morgan fingerprint density at radius 3 is 2.84 bits per heavy atom. The van der Waals surface area contributed by atoms with Crippen molar-refractivity contribution in [3.63, 3.8) is 0 Å². The van der Waals surface area contributed by atoms with Gasteiger partial charge in [-0.25, -0.2) is 0 Å². The minimum Gasteiger partial charge on any atom is -0.335 e. The number of nitrogens with zero attached hydrogens (tertiary/aromatic N) is 1. The molecule has 0 bridgehead atoms. The van der Waals surface area contributed by atoms with Crippen LogP contribution in [0.4, 0.5) is 0 Å². The maximum atomic E-state index is 13.0. The lowest BCUT2D eigenvalue weighted by Gasteiger charge is -2.34. The van der Waals surface area contributed by atoms with Gasteiger partial charge in [0, 0.05) is 13.1 Å². The molecular formula is C15H22N2OS. The summed E-state index contributed by atoms with van der Waals surface area (Å²) in [5.74, 6) is 0.321. The summed E-state index contributed by atoms with van der Waals surface area (Å²) in [6, 6.07) is 2.45. The number of thiophene rings is 1. The first-order valence-corrected chi connectivity index (χ1v) is 8.24. The molecule has 1 saturated carbocycles. The molecule has 1 aliphatic carbocycles. The predicted octanol–water partition coefficient (Wildman–Crippen LogP) is 2.93. The van der Waals surface area contributed by atoms with Crippen molar-refractivity contribution in [2.24, 2.45) is 11.1 Å². The van der Waals surface area contributed by atoms with Crippen LogP contribution in [0.25, 0.3) is 0 Å². The summed E-state index contributed by atoms with van der Waals surface area (Å²) in [7, 11) is 0. The molecule has 104 valence electrons. The molecule has 1 aromatic heterocycles. The van der Waals surface area contributed by atoms with Crippen LogP contribution in [-0.2, 0) is 4.79 Å². The van der Waals surface area contributed by atoms with E-state index < -0.39 is 0 Å². The standard InChI is InChI=1S/C15H22N2OS/c16-11-15(6-1-2-7-15)14(18)17-8-3-4-13(17)12-5-9-19-10-12/h5,9-10,13H,1-4,6-8,11,16H2. The Hall–Kier alpha value is -0.870. The van der Waals surface area contributed by atoms with E-state index in [2.05, 4.69) is 21.7 Å². The van der Waals surface area contributed by atoms with Gasteiger partial charge in [-0.05, 0) is 48.1 Å². The second-order valence-corrected chi connectivity index (χ2v) is 6.68. The minimum absolute atomic E-state index is 0.251. The summed E-state index contributed by atoms with van der Waals surface area (Å²) in [5.41, 5.74) is 7.01. The van der Waals surface area contributed by atoms with Crippen molar-refractivity contribution in [1.29, 1.82) is 0 Å². The van der Waals surface area contributed by atoms with E-state index in [9.17, 15) is 4.79 Å². The summed E-state index contributed by atoms with van der Waals surface area (Å²) in [6.45, 7) is 1.42. The van der Waals surface area contributed by atoms with E-state index in [1.807, 2.05) is 0 Å². The van der Waals surface area contributed by atoms with Crippen molar-refractivity contribution in [1.82, 2.24) is 4.90 Å². The van der Waals surface area contributed by atoms with Crippen LogP contribution in [0.2, 0.25) is 0 Å². The van der Waals surface area contributed by atoms with Crippen molar-refractivity contribution in [3.8, 4) is 0 Å². The Balaban J connectivity index is 1.82. The Morgan fingerprint density at radius 1 is 1.42 bits per heavy atom. The number of carbonyl (C=O) groups excluding carboxylic acids is 1. The molecule has 1 amide bonds. The molecule has 2 N–H and O–H groups in total. The SMILES string of the molecule is NCC1(C(=O)N2CCCC2c2ccsc2)CCCC1. The van der Waals surface area contributed by atoms with E-state index in [0.717, 1.165) is 45.1 Å². The molecule has 1 atom stereocenters. The quantitative estimate of drug-likeness (QED) is 0.924. The maximum absolute atomic E-state index is 13.0. The van der Waals surface area contributed by atoms with Gasteiger partial charge in [0.1, 0.15) is 0 Å². The Kier molecular flexibility index (Phi) is 3.63. The van der Waals surface area contributed by atoms with Gasteiger partial charge in [0.2, 0.25) is 5.91 Å². The molecule has 3 rings (SSSR count). The van der Waals surface area contributed by atoms with Gasteiger partial charge in [0.05, 0.1) is 11.5 Å². The average Bonchev–Trinajstić information content (AvgIpc) is 3.17. The predicted molar refractivity (Wildman–Crippen MR) is 78.0 cm³/mol. The van der Waals surface area contributed by atoms with Gasteiger partial charge in [-0.1, -0.05) is 12.8 Å². The van der Waals surface area contributed by atoms with E-state index in [1.54, 1.807) is 11.3 Å². The smallest absolute Gasteiger partial charge is 0.230 e. The van der Waals surface area contributed by atoms with Gasteiger partial charge >= 0.3 is 0 Å². The molecule has 1 saturated heterocycles. The molecule has 3 nitrogen and oxygen atoms in total. The topological polar surface area (TPSA) is 46.3 Å². The van der Waals surface area contributed by atoms with Gasteiger partial charge in [0.25, 0.3) is 0 Å². The van der Waals surface area contributed by atoms with Gasteiger partial charge in [0.15, 0.2) is 0 Å². The van der Waals surface area contributed by atoms with Crippen molar-refractivity contribution in [2.45, 2.75) is 44.6 Å². The van der Waals surface area contributed by atoms with Crippen LogP contribution in [-0.4, -0.2) is 23.9 Å². The number of nitrogens with two attached hydrogens (primary N) is 1. The fourth-order valence-electron chi connectivity index (χ4n) is 3.68. The van der Waals surface area contributed by atoms with E-state index in [-0.39, 0.29) is 5.41 Å². The van der Waals surface area contributed by atoms with Crippen LogP contribution in [0.5, 0.6) is 0 Å². The van der Waals surface area contributed by atoms with Crippen LogP contribution in [0, 0.1) is 5.41 Å². The largest absolute Gasteiger partial charge is 0.335 e. The molecule has 19 heavy (non-hydrogen) atoms. The molecule has 4 heteroatoms. The molecule has 0 aromatic carbocycles. The number of amides is 1. The summed E-state index contributed by atoms with van der Waals surface area (Å²) >= 11 is 1.71. The fraction of sp³-hybridized carbons (Fsp3) is 0.667. The summed E-state index contributed by atoms with van der Waals surface area (Å²) in [5, 5.41) is 4.28. The van der Waals surface area contributed by atoms with Crippen molar-refractivity contribution in [3.05, 3.63) is 22.4 Å². The van der Waals surface area contributed by atoms with Crippen molar-refractivity contribution in [2.75, 3.05) is 13.1 Å². The van der Waals surface area contributed by atoms with Crippen LogP contribution in [0.1, 0.15) is 50.1 Å². The molecule has 2 heterocycles. The number of likely N-dealkylation sites (tertiary alicyclic amines) is 1. The van der Waals surface area contributed by atoms with Gasteiger partial charge in [-0.15, -0.1) is 0 Å². The van der Waals surface area contributed by atoms with Gasteiger partial charge < -0.3 is 10.6 Å². The summed E-state index contributed by atoms with van der Waals surface area (Å²) in [4.78, 5) is 15.1. The lowest BCUT2D eigenvalue weighted by molar-refractivity contribution is -0.142. The van der Waals surface area contributed by atoms with Crippen LogP contribution >= 0.6 is 11.3 Å². The van der Waals surface area contributed by atoms with Crippen LogP contribution in [0.15, 0.2) is 16.8 Å². The number of rotatable bonds is 3. The summed E-state index contributed by atoms with van der Waals surface area (Å²) < 4.78 is 0. The highest BCUT2D eigenvalue weighted by Gasteiger charge is 2.45. The third-order valence-electron chi connectivity index (χ3n) is 4.85. The first-order chi connectivity index (χ1) is 9.27. The molecule has 2 aliphatic rings. The first kappa shape index (κ1) is 13.1. The molecule has 1 aliphatic heterocycles. The first-order valence-electron chi connectivity index (χ1n) is 7.30. The van der Waals surface area contributed by atoms with Gasteiger partial charge in [-0.2, -0.15) is 11.3 Å². The minimum atomic E-state index is -0.251.